The van der Waals surface area contributed by atoms with Crippen molar-refractivity contribution in [2.24, 2.45) is 0 Å². The molecule has 3 N–H and O–H groups in total. The molecule has 0 aliphatic rings. The summed E-state index contributed by atoms with van der Waals surface area (Å²) in [5.41, 5.74) is 6.13. The van der Waals surface area contributed by atoms with Crippen molar-refractivity contribution in [3.63, 3.8) is 0 Å². The largest absolute Gasteiger partial charge is 0.444 e. The minimum atomic E-state index is -0.532. The number of aromatic nitrogens is 2. The average Bonchev–Trinajstić information content (AvgIpc) is 3.57. The first kappa shape index (κ1) is 25.0. The molecule has 38 heavy (non-hydrogen) atoms. The van der Waals surface area contributed by atoms with Crippen molar-refractivity contribution < 1.29 is 14.3 Å². The molecule has 2 aromatic carbocycles. The van der Waals surface area contributed by atoms with Gasteiger partial charge >= 0.3 is 6.09 Å². The number of H-pyrrole nitrogens is 1. The molecule has 8 heteroatoms. The van der Waals surface area contributed by atoms with E-state index in [0.29, 0.717) is 12.1 Å². The van der Waals surface area contributed by atoms with Gasteiger partial charge in [-0.2, -0.15) is 0 Å². The third-order valence-electron chi connectivity index (χ3n) is 5.93. The number of aromatic amines is 1. The number of thiophene rings is 1. The number of ether oxygens (including phenoxy) is 1. The maximum atomic E-state index is 12.6. The van der Waals surface area contributed by atoms with Gasteiger partial charge in [0.25, 0.3) is 0 Å². The lowest BCUT2D eigenvalue weighted by atomic mass is 10.1. The molecule has 190 valence electrons. The molecular formula is C30H26N4O3S. The number of benzene rings is 2. The molecule has 0 saturated heterocycles. The zero-order valence-corrected chi connectivity index (χ0v) is 21.5. The zero-order chi connectivity index (χ0) is 26.3. The van der Waals surface area contributed by atoms with Crippen molar-refractivity contribution in [3.8, 4) is 0 Å². The fraction of sp³-hybridized carbons (Fsp3) is 0.100. The Balaban J connectivity index is 1.26. The Morgan fingerprint density at radius 1 is 1.05 bits per heavy atom. The fourth-order valence-corrected chi connectivity index (χ4v) is 4.73. The second-order valence-corrected chi connectivity index (χ2v) is 9.81. The minimum absolute atomic E-state index is 0.0363. The zero-order valence-electron chi connectivity index (χ0n) is 20.7. The number of anilines is 2. The number of nitrogens with one attached hydrogen (secondary N) is 3. The van der Waals surface area contributed by atoms with E-state index in [9.17, 15) is 9.59 Å². The van der Waals surface area contributed by atoms with E-state index in [1.807, 2.05) is 85.2 Å². The lowest BCUT2D eigenvalue weighted by molar-refractivity contribution is -0.115. The minimum Gasteiger partial charge on any atom is -0.444 e. The molecule has 2 amide bonds. The van der Waals surface area contributed by atoms with Gasteiger partial charge in [0.1, 0.15) is 6.61 Å². The van der Waals surface area contributed by atoms with Gasteiger partial charge in [-0.05, 0) is 65.4 Å². The first-order valence-corrected chi connectivity index (χ1v) is 13.0. The van der Waals surface area contributed by atoms with Crippen LogP contribution in [0, 0.1) is 6.92 Å². The average molecular weight is 523 g/mol. The van der Waals surface area contributed by atoms with Gasteiger partial charge < -0.3 is 15.0 Å². The molecule has 0 atom stereocenters. The van der Waals surface area contributed by atoms with Gasteiger partial charge in [-0.1, -0.05) is 36.4 Å². The molecule has 0 radical (unpaired) electrons. The van der Waals surface area contributed by atoms with Gasteiger partial charge in [-0.3, -0.25) is 15.1 Å². The molecule has 5 rings (SSSR count). The highest BCUT2D eigenvalue weighted by molar-refractivity contribution is 7.10. The summed E-state index contributed by atoms with van der Waals surface area (Å²) in [5, 5.41) is 8.79. The lowest BCUT2D eigenvalue weighted by Crippen LogP contribution is -2.14. The highest BCUT2D eigenvalue weighted by atomic mass is 32.1. The molecule has 0 bridgehead atoms. The van der Waals surface area contributed by atoms with Crippen molar-refractivity contribution in [2.45, 2.75) is 20.0 Å². The smallest absolute Gasteiger partial charge is 0.411 e. The second kappa shape index (κ2) is 11.6. The summed E-state index contributed by atoms with van der Waals surface area (Å²) in [6, 6.07) is 19.1. The predicted molar refractivity (Wildman–Crippen MR) is 153 cm³/mol. The van der Waals surface area contributed by atoms with Crippen molar-refractivity contribution in [1.82, 2.24) is 9.97 Å². The SMILES string of the molecule is Cc1cc2[nH]cc(/C=C/c3cccc(NC(=O)OCc4cccnc4)c3)c2cc1NC(=O)Cc1cccs1. The molecule has 3 heterocycles. The van der Waals surface area contributed by atoms with Crippen LogP contribution in [0.3, 0.4) is 0 Å². The van der Waals surface area contributed by atoms with Crippen LogP contribution in [0.2, 0.25) is 0 Å². The predicted octanol–water partition coefficient (Wildman–Crippen LogP) is 7.03. The van der Waals surface area contributed by atoms with Crippen LogP contribution in [0.5, 0.6) is 0 Å². The van der Waals surface area contributed by atoms with Crippen LogP contribution in [-0.4, -0.2) is 22.0 Å². The molecule has 3 aromatic heterocycles. The summed E-state index contributed by atoms with van der Waals surface area (Å²) in [5.74, 6) is -0.0363. The number of fused-ring (bicyclic) bond motifs is 1. The number of aryl methyl sites for hydroxylation is 1. The van der Waals surface area contributed by atoms with Crippen molar-refractivity contribution in [1.29, 1.82) is 0 Å². The first-order chi connectivity index (χ1) is 18.5. The van der Waals surface area contributed by atoms with E-state index in [0.717, 1.165) is 43.7 Å². The Bertz CT molecular complexity index is 1590. The summed E-state index contributed by atoms with van der Waals surface area (Å²) < 4.78 is 5.27. The quantitative estimate of drug-likeness (QED) is 0.204. The van der Waals surface area contributed by atoms with Crippen molar-refractivity contribution in [3.05, 3.63) is 112 Å². The van der Waals surface area contributed by atoms with Crippen LogP contribution in [-0.2, 0) is 22.6 Å². The van der Waals surface area contributed by atoms with Crippen molar-refractivity contribution in [2.75, 3.05) is 10.6 Å². The Morgan fingerprint density at radius 2 is 1.97 bits per heavy atom. The van der Waals surface area contributed by atoms with E-state index in [-0.39, 0.29) is 12.5 Å². The van der Waals surface area contributed by atoms with Gasteiger partial charge in [-0.15, -0.1) is 11.3 Å². The van der Waals surface area contributed by atoms with Crippen LogP contribution in [0.15, 0.2) is 84.6 Å². The van der Waals surface area contributed by atoms with E-state index in [1.165, 1.54) is 0 Å². The van der Waals surface area contributed by atoms with Crippen LogP contribution in [0.1, 0.15) is 27.1 Å². The third-order valence-corrected chi connectivity index (χ3v) is 6.81. The summed E-state index contributed by atoms with van der Waals surface area (Å²) in [6.45, 7) is 2.13. The van der Waals surface area contributed by atoms with Gasteiger partial charge in [0.05, 0.1) is 6.42 Å². The topological polar surface area (TPSA) is 96.1 Å². The number of rotatable bonds is 8. The molecule has 0 fully saturated rings. The Labute approximate surface area is 224 Å². The normalized spacial score (nSPS) is 11.1. The highest BCUT2D eigenvalue weighted by Gasteiger charge is 2.10. The summed E-state index contributed by atoms with van der Waals surface area (Å²) in [6.07, 6.45) is 9.08. The number of pyridine rings is 1. The van der Waals surface area contributed by atoms with Crippen LogP contribution >= 0.6 is 11.3 Å². The monoisotopic (exact) mass is 522 g/mol. The Morgan fingerprint density at radius 3 is 2.79 bits per heavy atom. The van der Waals surface area contributed by atoms with Crippen molar-refractivity contribution >= 4 is 57.8 Å². The first-order valence-electron chi connectivity index (χ1n) is 12.1. The van der Waals surface area contributed by atoms with Crippen LogP contribution in [0.4, 0.5) is 16.2 Å². The van der Waals surface area contributed by atoms with Crippen LogP contribution in [0.25, 0.3) is 23.1 Å². The van der Waals surface area contributed by atoms with E-state index in [2.05, 4.69) is 20.6 Å². The highest BCUT2D eigenvalue weighted by Crippen LogP contribution is 2.28. The molecule has 7 nitrogen and oxygen atoms in total. The number of carbonyl (C=O) groups excluding carboxylic acids is 2. The molecule has 5 aromatic rings. The molecule has 0 spiro atoms. The van der Waals surface area contributed by atoms with Crippen LogP contribution < -0.4 is 10.6 Å². The lowest BCUT2D eigenvalue weighted by Gasteiger charge is -2.09. The second-order valence-electron chi connectivity index (χ2n) is 8.78. The number of amides is 2. The number of carbonyl (C=O) groups is 2. The fourth-order valence-electron chi connectivity index (χ4n) is 4.03. The summed E-state index contributed by atoms with van der Waals surface area (Å²) in [4.78, 5) is 33.1. The molecule has 0 aliphatic carbocycles. The van der Waals surface area contributed by atoms with E-state index < -0.39 is 6.09 Å². The number of nitrogens with zero attached hydrogens (tertiary/aromatic N) is 1. The van der Waals surface area contributed by atoms with Gasteiger partial charge in [0, 0.05) is 51.3 Å². The third kappa shape index (κ3) is 6.35. The summed E-state index contributed by atoms with van der Waals surface area (Å²) >= 11 is 1.57. The standard InChI is InChI=1S/C30H26N4O3S/c1-20-13-28-26(16-27(20)34-29(35)15-25-8-4-12-38-25)23(18-32-28)10-9-21-5-2-7-24(14-21)33-30(36)37-19-22-6-3-11-31-17-22/h2-14,16-18,32H,15,19H2,1H3,(H,33,36)(H,34,35)/b10-9+. The Hall–Kier alpha value is -4.69. The van der Waals surface area contributed by atoms with E-state index in [4.69, 9.17) is 4.74 Å². The number of hydrogen-bond donors (Lipinski definition) is 3. The summed E-state index contributed by atoms with van der Waals surface area (Å²) in [7, 11) is 0. The van der Waals surface area contributed by atoms with Gasteiger partial charge in [0.15, 0.2) is 0 Å². The van der Waals surface area contributed by atoms with E-state index in [1.54, 1.807) is 29.8 Å². The maximum Gasteiger partial charge on any atom is 0.411 e. The molecule has 0 aliphatic heterocycles. The molecule has 0 saturated carbocycles. The van der Waals surface area contributed by atoms with Gasteiger partial charge in [-0.25, -0.2) is 4.79 Å². The van der Waals surface area contributed by atoms with E-state index >= 15 is 0 Å². The number of hydrogen-bond acceptors (Lipinski definition) is 5. The molecule has 0 unspecified atom stereocenters. The Kier molecular flexibility index (Phi) is 7.61. The maximum absolute atomic E-state index is 12.6. The molecular weight excluding hydrogens is 496 g/mol. The van der Waals surface area contributed by atoms with Gasteiger partial charge in [0.2, 0.25) is 5.91 Å².